The van der Waals surface area contributed by atoms with Crippen LogP contribution in [0.15, 0.2) is 105 Å². The fourth-order valence-electron chi connectivity index (χ4n) is 6.21. The number of carbonyl (C=O) groups excluding carboxylic acids is 2. The van der Waals surface area contributed by atoms with E-state index in [1.165, 1.54) is 28.8 Å². The van der Waals surface area contributed by atoms with Gasteiger partial charge in [-0.25, -0.2) is 0 Å². The first-order valence-corrected chi connectivity index (χ1v) is 17.2. The van der Waals surface area contributed by atoms with Crippen molar-refractivity contribution >= 4 is 91.5 Å². The van der Waals surface area contributed by atoms with Gasteiger partial charge in [0.15, 0.2) is 15.3 Å². The van der Waals surface area contributed by atoms with Crippen LogP contribution in [0, 0.1) is 0 Å². The molecule has 8 nitrogen and oxygen atoms in total. The van der Waals surface area contributed by atoms with Gasteiger partial charge in [-0.15, -0.1) is 10.2 Å². The van der Waals surface area contributed by atoms with Gasteiger partial charge in [-0.3, -0.25) is 19.3 Å². The van der Waals surface area contributed by atoms with Gasteiger partial charge >= 0.3 is 0 Å². The molecule has 0 fully saturated rings. The number of hydrogen-bond donors (Lipinski definition) is 0. The van der Waals surface area contributed by atoms with Gasteiger partial charge in [0.1, 0.15) is 5.58 Å². The molecule has 232 valence electrons. The monoisotopic (exact) mass is 716 g/mol. The van der Waals surface area contributed by atoms with E-state index in [1.54, 1.807) is 53.4 Å². The summed E-state index contributed by atoms with van der Waals surface area (Å²) in [4.78, 5) is 46.9. The van der Waals surface area contributed by atoms with E-state index < -0.39 is 22.8 Å². The van der Waals surface area contributed by atoms with Crippen molar-refractivity contribution in [2.24, 2.45) is 0 Å². The third kappa shape index (κ3) is 4.69. The molecule has 8 rings (SSSR count). The number of halogens is 3. The van der Waals surface area contributed by atoms with Crippen LogP contribution in [0.5, 0.6) is 0 Å². The average molecular weight is 718 g/mol. The Hall–Kier alpha value is -4.19. The second-order valence-corrected chi connectivity index (χ2v) is 14.4. The topological polar surface area (TPSA) is 96.6 Å². The van der Waals surface area contributed by atoms with Crippen LogP contribution in [0.2, 0.25) is 15.1 Å². The average Bonchev–Trinajstić information content (AvgIpc) is 3.70. The summed E-state index contributed by atoms with van der Waals surface area (Å²) in [6.07, 6.45) is 0. The van der Waals surface area contributed by atoms with Crippen LogP contribution in [0.4, 0.5) is 10.8 Å². The lowest BCUT2D eigenvalue weighted by Gasteiger charge is -2.32. The van der Waals surface area contributed by atoms with Crippen LogP contribution in [0.1, 0.15) is 32.8 Å². The van der Waals surface area contributed by atoms with Crippen LogP contribution < -0.4 is 15.2 Å². The molecule has 2 aliphatic heterocycles. The predicted molar refractivity (Wildman–Crippen MR) is 185 cm³/mol. The molecule has 1 atom stereocenters. The molecule has 13 heteroatoms. The molecule has 0 saturated heterocycles. The summed E-state index contributed by atoms with van der Waals surface area (Å²) in [5.41, 5.74) is 0.228. The van der Waals surface area contributed by atoms with Gasteiger partial charge in [-0.2, -0.15) is 0 Å². The van der Waals surface area contributed by atoms with Gasteiger partial charge < -0.3 is 9.32 Å². The zero-order valence-electron chi connectivity index (χ0n) is 23.9. The molecule has 0 bridgehead atoms. The lowest BCUT2D eigenvalue weighted by molar-refractivity contribution is -0.121. The van der Waals surface area contributed by atoms with Crippen LogP contribution in [0.3, 0.4) is 0 Å². The van der Waals surface area contributed by atoms with Crippen molar-refractivity contribution in [3.05, 3.63) is 144 Å². The first-order chi connectivity index (χ1) is 22.8. The molecule has 0 aliphatic carbocycles. The highest BCUT2D eigenvalue weighted by molar-refractivity contribution is 8.00. The number of aromatic nitrogens is 2. The lowest BCUT2D eigenvalue weighted by Crippen LogP contribution is -2.53. The Balaban J connectivity index is 1.33. The molecule has 2 aromatic heterocycles. The van der Waals surface area contributed by atoms with E-state index in [4.69, 9.17) is 39.2 Å². The van der Waals surface area contributed by atoms with Gasteiger partial charge in [0.2, 0.25) is 10.9 Å². The molecule has 1 unspecified atom stereocenters. The predicted octanol–water partition coefficient (Wildman–Crippen LogP) is 8.35. The Morgan fingerprint density at radius 3 is 2.47 bits per heavy atom. The summed E-state index contributed by atoms with van der Waals surface area (Å²) >= 11 is 21.6. The van der Waals surface area contributed by atoms with Crippen molar-refractivity contribution < 1.29 is 14.0 Å². The van der Waals surface area contributed by atoms with E-state index in [-0.39, 0.29) is 34.0 Å². The van der Waals surface area contributed by atoms with Crippen molar-refractivity contribution in [3.8, 4) is 0 Å². The van der Waals surface area contributed by atoms with Gasteiger partial charge in [0.05, 0.1) is 23.2 Å². The fraction of sp³-hybridized carbons (Fsp3) is 0.0882. The Morgan fingerprint density at radius 1 is 0.851 bits per heavy atom. The Bertz CT molecular complexity index is 2340. The van der Waals surface area contributed by atoms with Crippen molar-refractivity contribution in [1.82, 2.24) is 10.2 Å². The lowest BCUT2D eigenvalue weighted by atomic mass is 9.84. The van der Waals surface area contributed by atoms with Crippen LogP contribution in [-0.2, 0) is 22.6 Å². The number of nitrogens with zero attached hydrogens (tertiary/aromatic N) is 4. The molecule has 2 aliphatic rings. The zero-order chi connectivity index (χ0) is 32.4. The van der Waals surface area contributed by atoms with Crippen LogP contribution in [0.25, 0.3) is 11.0 Å². The number of para-hydroxylation sites is 1. The molecule has 4 heterocycles. The first-order valence-electron chi connectivity index (χ1n) is 14.2. The smallest absolute Gasteiger partial charge is 0.297 e. The van der Waals surface area contributed by atoms with Gasteiger partial charge in [0.25, 0.3) is 11.8 Å². The Labute approximate surface area is 290 Å². The molecule has 4 aromatic carbocycles. The third-order valence-electron chi connectivity index (χ3n) is 8.21. The van der Waals surface area contributed by atoms with E-state index >= 15 is 4.79 Å². The second kappa shape index (κ2) is 11.5. The molecule has 6 aromatic rings. The quantitative estimate of drug-likeness (QED) is 0.126. The number of benzene rings is 4. The maximum absolute atomic E-state index is 15.1. The Kier molecular flexibility index (Phi) is 7.38. The van der Waals surface area contributed by atoms with E-state index in [9.17, 15) is 9.59 Å². The third-order valence-corrected chi connectivity index (χ3v) is 11.2. The summed E-state index contributed by atoms with van der Waals surface area (Å²) in [6.45, 7) is 0.0935. The number of hydrogen-bond acceptors (Lipinski definition) is 8. The molecular weight excluding hydrogens is 699 g/mol. The van der Waals surface area contributed by atoms with Gasteiger partial charge in [-0.05, 0) is 53.6 Å². The van der Waals surface area contributed by atoms with Crippen LogP contribution >= 0.6 is 57.9 Å². The number of thioether (sulfide) groups is 1. The molecule has 47 heavy (non-hydrogen) atoms. The minimum absolute atomic E-state index is 0.0935. The molecule has 1 spiro atoms. The maximum atomic E-state index is 15.1. The van der Waals surface area contributed by atoms with Gasteiger partial charge in [0, 0.05) is 26.4 Å². The maximum Gasteiger partial charge on any atom is 0.297 e. The fourth-order valence-corrected chi connectivity index (χ4v) is 8.63. The number of fused-ring (bicyclic) bond motifs is 5. The number of amides is 2. The van der Waals surface area contributed by atoms with Crippen molar-refractivity contribution in [3.63, 3.8) is 0 Å². The standard InChI is InChI=1S/C34H19Cl3N4O4S2/c35-20-8-5-6-18(14-20)17-46-33-39-38-32(47-33)41-30(43)29-27(28(42)22-15-21(36)12-13-26(22)45-29)34(41)23-9-2-4-11-25(23)40(31(34)44)16-19-7-1-3-10-24(19)37/h1-15H,16-17H2. The molecule has 2 amide bonds. The SMILES string of the molecule is O=C1c2oc3ccc(Cl)cc3c(=O)c2C2(C(=O)N(Cc3ccccc3Cl)c3ccccc32)N1c1nnc(SCc2cccc(Cl)c2)s1. The molecule has 0 radical (unpaired) electrons. The van der Waals surface area contributed by atoms with E-state index in [2.05, 4.69) is 10.2 Å². The van der Waals surface area contributed by atoms with Crippen molar-refractivity contribution in [2.75, 3.05) is 9.80 Å². The van der Waals surface area contributed by atoms with E-state index in [1.807, 2.05) is 30.3 Å². The summed E-state index contributed by atoms with van der Waals surface area (Å²) < 4.78 is 6.70. The minimum atomic E-state index is -1.93. The van der Waals surface area contributed by atoms with Gasteiger partial charge in [-0.1, -0.05) is 106 Å². The Morgan fingerprint density at radius 2 is 1.64 bits per heavy atom. The molecule has 0 saturated carbocycles. The minimum Gasteiger partial charge on any atom is -0.450 e. The van der Waals surface area contributed by atoms with E-state index in [0.29, 0.717) is 42.0 Å². The van der Waals surface area contributed by atoms with Crippen molar-refractivity contribution in [1.29, 1.82) is 0 Å². The number of carbonyl (C=O) groups is 2. The second-order valence-electron chi connectivity index (χ2n) is 10.9. The highest BCUT2D eigenvalue weighted by atomic mass is 35.5. The summed E-state index contributed by atoms with van der Waals surface area (Å²) in [5.74, 6) is -0.897. The molecular formula is C34H19Cl3N4O4S2. The zero-order valence-corrected chi connectivity index (χ0v) is 27.8. The highest BCUT2D eigenvalue weighted by Crippen LogP contribution is 2.55. The number of rotatable bonds is 6. The normalized spacial score (nSPS) is 16.8. The summed E-state index contributed by atoms with van der Waals surface area (Å²) in [6, 6.07) is 26.4. The van der Waals surface area contributed by atoms with E-state index in [0.717, 1.165) is 16.9 Å². The summed E-state index contributed by atoms with van der Waals surface area (Å²) in [5, 5.41) is 10.4. The largest absolute Gasteiger partial charge is 0.450 e. The molecule has 0 N–H and O–H groups in total. The summed E-state index contributed by atoms with van der Waals surface area (Å²) in [7, 11) is 0. The first kappa shape index (κ1) is 30.2. The number of anilines is 2. The highest BCUT2D eigenvalue weighted by Gasteiger charge is 2.66. The van der Waals surface area contributed by atoms with Crippen LogP contribution in [-0.4, -0.2) is 22.0 Å². The van der Waals surface area contributed by atoms with Crippen molar-refractivity contribution in [2.45, 2.75) is 22.2 Å².